The number of hydrogen-bond acceptors (Lipinski definition) is 6. The third-order valence-corrected chi connectivity index (χ3v) is 10.4. The normalized spacial score (nSPS) is 12.1. The Hall–Kier alpha value is -4.32. The zero-order chi connectivity index (χ0) is 28.8. The summed E-state index contributed by atoms with van der Waals surface area (Å²) >= 11 is 11.2. The van der Waals surface area contributed by atoms with E-state index in [0.29, 0.717) is 45.9 Å². The van der Waals surface area contributed by atoms with Crippen LogP contribution in [0.1, 0.15) is 0 Å². The minimum absolute atomic E-state index is 0.559. The van der Waals surface area contributed by atoms with E-state index in [4.69, 9.17) is 29.9 Å². The van der Waals surface area contributed by atoms with Crippen LogP contribution < -0.4 is 0 Å². The van der Waals surface area contributed by atoms with Crippen molar-refractivity contribution < 1.29 is 0 Å². The predicted octanol–water partition coefficient (Wildman–Crippen LogP) is 9.03. The number of aromatic nitrogens is 8. The highest BCUT2D eigenvalue weighted by Gasteiger charge is 2.23. The Labute approximate surface area is 268 Å². The van der Waals surface area contributed by atoms with Crippen LogP contribution in [-0.4, -0.2) is 38.5 Å². The predicted molar refractivity (Wildman–Crippen MR) is 179 cm³/mol. The minimum atomic E-state index is 0.559. The molecule has 0 amide bonds. The van der Waals surface area contributed by atoms with Gasteiger partial charge in [-0.15, -0.1) is 0 Å². The van der Waals surface area contributed by atoms with Crippen molar-refractivity contribution in [2.75, 3.05) is 0 Å². The molecule has 1 N–H and O–H groups in total. The molecule has 204 valence electrons. The highest BCUT2D eigenvalue weighted by atomic mass is 79.9. The topological polar surface area (TPSA) is 98.1 Å². The molecule has 9 rings (SSSR count). The molecule has 0 fully saturated rings. The number of benzene rings is 4. The molecule has 3 aromatic heterocycles. The number of aromatic amines is 1. The fraction of sp³-hybridized carbons (Fsp3) is 0. The molecule has 7 aromatic rings. The van der Waals surface area contributed by atoms with Gasteiger partial charge in [0.25, 0.3) is 0 Å². The molecule has 0 spiro atoms. The smallest absolute Gasteiger partial charge is 0.164 e. The average molecular weight is 751 g/mol. The fourth-order valence-electron chi connectivity index (χ4n) is 5.73. The van der Waals surface area contributed by atoms with Gasteiger partial charge in [-0.3, -0.25) is 0 Å². The monoisotopic (exact) mass is 748 g/mol. The first kappa shape index (κ1) is 25.2. The molecular formula is C32H15Br3N8. The lowest BCUT2D eigenvalue weighted by atomic mass is 10.1. The van der Waals surface area contributed by atoms with Crippen molar-refractivity contribution in [3.63, 3.8) is 0 Å². The number of halogens is 3. The van der Waals surface area contributed by atoms with E-state index in [1.54, 1.807) is 0 Å². The Morgan fingerprint density at radius 1 is 0.488 bits per heavy atom. The Morgan fingerprint density at radius 3 is 1.49 bits per heavy atom. The maximum Gasteiger partial charge on any atom is 0.164 e. The molecule has 0 unspecified atom stereocenters. The lowest BCUT2D eigenvalue weighted by molar-refractivity contribution is 1.18. The van der Waals surface area contributed by atoms with Crippen LogP contribution in [0.25, 0.3) is 89.7 Å². The van der Waals surface area contributed by atoms with Crippen LogP contribution in [0.4, 0.5) is 0 Å². The van der Waals surface area contributed by atoms with Gasteiger partial charge in [-0.2, -0.15) is 0 Å². The molecule has 4 aromatic carbocycles. The summed E-state index contributed by atoms with van der Waals surface area (Å²) in [7, 11) is 0. The highest BCUT2D eigenvalue weighted by molar-refractivity contribution is 9.13. The van der Waals surface area contributed by atoms with Crippen molar-refractivity contribution in [3.05, 3.63) is 93.9 Å². The van der Waals surface area contributed by atoms with Crippen molar-refractivity contribution in [2.24, 2.45) is 0 Å². The summed E-state index contributed by atoms with van der Waals surface area (Å²) in [6, 6.07) is 28.1. The van der Waals surface area contributed by atoms with Crippen molar-refractivity contribution in [3.8, 4) is 45.6 Å². The summed E-state index contributed by atoms with van der Waals surface area (Å²) in [5, 5.41) is 3.65. The molecule has 8 nitrogen and oxygen atoms in total. The summed E-state index contributed by atoms with van der Waals surface area (Å²) in [6.45, 7) is 0. The third kappa shape index (κ3) is 3.71. The molecule has 0 aliphatic carbocycles. The quantitative estimate of drug-likeness (QED) is 0.166. The van der Waals surface area contributed by atoms with Gasteiger partial charge in [0.2, 0.25) is 0 Å². The molecule has 11 heteroatoms. The minimum Gasteiger partial charge on any atom is -0.324 e. The Bertz CT molecular complexity index is 2520. The second kappa shape index (κ2) is 9.34. The standard InChI is InChI=1S/C32H15Br3N8/c33-22-14-13-21-23(24(22)34)30-39-26-16-8-2-4-10-18(16)28(37-26)42-32-20-12-6-5-11-19(20)31(43(32)35)41-27-17-9-3-1-7-15(17)25(36-27)38-29(21)40-30/h1-14H,(H,36,37,38,39,40,41,42). The summed E-state index contributed by atoms with van der Waals surface area (Å²) < 4.78 is 3.60. The van der Waals surface area contributed by atoms with Gasteiger partial charge in [0.05, 0.1) is 16.1 Å². The number of nitrogens with one attached hydrogen (secondary N) is 1. The van der Waals surface area contributed by atoms with Crippen molar-refractivity contribution in [1.29, 1.82) is 0 Å². The number of nitrogens with zero attached hydrogens (tertiary/aromatic N) is 7. The van der Waals surface area contributed by atoms with E-state index in [1.165, 1.54) is 0 Å². The highest BCUT2D eigenvalue weighted by Crippen LogP contribution is 2.39. The summed E-state index contributed by atoms with van der Waals surface area (Å²) in [5.41, 5.74) is 6.22. The zero-order valence-electron chi connectivity index (χ0n) is 21.8. The van der Waals surface area contributed by atoms with Gasteiger partial charge in [-0.1, -0.05) is 72.8 Å². The number of H-pyrrole nitrogens is 1. The molecule has 0 radical (unpaired) electrons. The first-order valence-electron chi connectivity index (χ1n) is 13.3. The van der Waals surface area contributed by atoms with Crippen molar-refractivity contribution in [1.82, 2.24) is 38.5 Å². The lowest BCUT2D eigenvalue weighted by Gasteiger charge is -1.99. The van der Waals surface area contributed by atoms with Crippen LogP contribution in [0, 0.1) is 0 Å². The molecule has 0 atom stereocenters. The molecule has 2 aliphatic heterocycles. The Kier molecular flexibility index (Phi) is 5.47. The number of rotatable bonds is 0. The summed E-state index contributed by atoms with van der Waals surface area (Å²) in [5.74, 6) is 2.26. The molecule has 5 heterocycles. The first-order valence-corrected chi connectivity index (χ1v) is 15.6. The summed E-state index contributed by atoms with van der Waals surface area (Å²) in [4.78, 5) is 33.7. The van der Waals surface area contributed by atoms with E-state index in [1.807, 2.05) is 88.5 Å². The van der Waals surface area contributed by atoms with Gasteiger partial charge in [0.1, 0.15) is 11.3 Å². The van der Waals surface area contributed by atoms with E-state index >= 15 is 0 Å². The van der Waals surface area contributed by atoms with Gasteiger partial charge >= 0.3 is 0 Å². The molecule has 43 heavy (non-hydrogen) atoms. The van der Waals surface area contributed by atoms with Gasteiger partial charge in [0, 0.05) is 52.7 Å². The third-order valence-electron chi connectivity index (χ3n) is 7.70. The van der Waals surface area contributed by atoms with E-state index in [2.05, 4.69) is 53.0 Å². The second-order valence-electron chi connectivity index (χ2n) is 10.1. The van der Waals surface area contributed by atoms with Crippen LogP contribution in [0.5, 0.6) is 0 Å². The molecule has 8 bridgehead atoms. The second-order valence-corrected chi connectivity index (χ2v) is 12.5. The van der Waals surface area contributed by atoms with Crippen molar-refractivity contribution in [2.45, 2.75) is 0 Å². The molecule has 0 saturated carbocycles. The average Bonchev–Trinajstić information content (AvgIpc) is 3.74. The van der Waals surface area contributed by atoms with Crippen molar-refractivity contribution >= 4 is 92.1 Å². The lowest BCUT2D eigenvalue weighted by Crippen LogP contribution is -1.87. The Balaban J connectivity index is 1.54. The van der Waals surface area contributed by atoms with Gasteiger partial charge in [0.15, 0.2) is 34.6 Å². The largest absolute Gasteiger partial charge is 0.324 e. The van der Waals surface area contributed by atoms with E-state index < -0.39 is 0 Å². The van der Waals surface area contributed by atoms with Crippen LogP contribution >= 0.6 is 48.0 Å². The van der Waals surface area contributed by atoms with Gasteiger partial charge in [-0.05, 0) is 44.0 Å². The number of fused-ring (bicyclic) bond motifs is 20. The van der Waals surface area contributed by atoms with Gasteiger partial charge in [-0.25, -0.2) is 33.5 Å². The van der Waals surface area contributed by atoms with Crippen LogP contribution in [0.2, 0.25) is 0 Å². The molecule has 0 saturated heterocycles. The first-order chi connectivity index (χ1) is 21.0. The fourth-order valence-corrected chi connectivity index (χ4v) is 7.13. The zero-order valence-corrected chi connectivity index (χ0v) is 26.6. The Morgan fingerprint density at radius 2 is 0.953 bits per heavy atom. The van der Waals surface area contributed by atoms with Gasteiger partial charge < -0.3 is 4.98 Å². The van der Waals surface area contributed by atoms with E-state index in [-0.39, 0.29) is 0 Å². The van der Waals surface area contributed by atoms with E-state index in [9.17, 15) is 0 Å². The van der Waals surface area contributed by atoms with E-state index in [0.717, 1.165) is 52.7 Å². The van der Waals surface area contributed by atoms with Crippen LogP contribution in [-0.2, 0) is 0 Å². The SMILES string of the molecule is Brc1ccc2c3nc4nc(nc5c6ccccc6c(nc6nc(nc([nH]3)c2c1Br)-c1ccccc1-6)n5Br)-c1ccccc1-4. The maximum atomic E-state index is 5.10. The number of hydrogen-bond donors (Lipinski definition) is 1. The molecular weight excluding hydrogens is 736 g/mol. The molecule has 2 aliphatic rings. The maximum absolute atomic E-state index is 5.10. The summed E-state index contributed by atoms with van der Waals surface area (Å²) in [6.07, 6.45) is 0. The van der Waals surface area contributed by atoms with Crippen LogP contribution in [0.15, 0.2) is 93.9 Å². The van der Waals surface area contributed by atoms with Crippen LogP contribution in [0.3, 0.4) is 0 Å².